The van der Waals surface area contributed by atoms with Crippen LogP contribution >= 0.6 is 0 Å². The first-order chi connectivity index (χ1) is 10.1. The molecule has 0 aliphatic carbocycles. The van der Waals surface area contributed by atoms with Crippen LogP contribution in [-0.4, -0.2) is 47.0 Å². The van der Waals surface area contributed by atoms with Crippen molar-refractivity contribution in [2.45, 2.75) is 45.4 Å². The van der Waals surface area contributed by atoms with Crippen molar-refractivity contribution in [2.75, 3.05) is 13.1 Å². The third kappa shape index (κ3) is 2.51. The summed E-state index contributed by atoms with van der Waals surface area (Å²) in [5.41, 5.74) is 5.88. The van der Waals surface area contributed by atoms with Crippen LogP contribution in [0, 0.1) is 0 Å². The Morgan fingerprint density at radius 3 is 3.00 bits per heavy atom. The van der Waals surface area contributed by atoms with Gasteiger partial charge in [0.05, 0.1) is 12.6 Å². The van der Waals surface area contributed by atoms with Gasteiger partial charge in [0.2, 0.25) is 0 Å². The molecule has 0 aromatic carbocycles. The molecule has 2 N–H and O–H groups in total. The average molecular weight is 288 g/mol. The fourth-order valence-corrected chi connectivity index (χ4v) is 3.44. The summed E-state index contributed by atoms with van der Waals surface area (Å²) in [4.78, 5) is 14.4. The zero-order chi connectivity index (χ0) is 15.0. The number of carbonyl (C=O) groups excluding carboxylic acids is 1. The maximum absolute atomic E-state index is 12.1. The molecule has 1 saturated heterocycles. The van der Waals surface area contributed by atoms with Crippen molar-refractivity contribution in [3.63, 3.8) is 0 Å². The fraction of sp³-hybridized carbons (Fsp3) is 0.562. The van der Waals surface area contributed by atoms with Crippen LogP contribution in [0.5, 0.6) is 0 Å². The van der Waals surface area contributed by atoms with Crippen LogP contribution < -0.4 is 10.7 Å². The minimum atomic E-state index is 0.123. The number of Topliss-reactive ketones (excluding diaryl/α,β-unsaturated/α-hetero) is 1. The number of nitrogens with one attached hydrogen (secondary N) is 2. The summed E-state index contributed by atoms with van der Waals surface area (Å²) in [6.07, 6.45) is 9.02. The third-order valence-electron chi connectivity index (χ3n) is 4.30. The second-order valence-corrected chi connectivity index (χ2v) is 6.10. The van der Waals surface area contributed by atoms with E-state index in [1.807, 2.05) is 12.3 Å². The molecule has 114 valence electrons. The molecule has 5 heteroatoms. The summed E-state index contributed by atoms with van der Waals surface area (Å²) in [6, 6.07) is 0.584. The van der Waals surface area contributed by atoms with E-state index in [2.05, 4.69) is 53.7 Å². The second-order valence-electron chi connectivity index (χ2n) is 6.10. The normalized spacial score (nSPS) is 28.8. The Bertz CT molecular complexity index is 520. The zero-order valence-corrected chi connectivity index (χ0v) is 13.0. The van der Waals surface area contributed by atoms with E-state index in [0.29, 0.717) is 24.8 Å². The summed E-state index contributed by atoms with van der Waals surface area (Å²) in [5.74, 6) is 0.306. The number of hydrogen-bond donors (Lipinski definition) is 2. The molecule has 1 fully saturated rings. The number of hydrogen-bond acceptors (Lipinski definition) is 5. The van der Waals surface area contributed by atoms with E-state index in [1.54, 1.807) is 0 Å². The summed E-state index contributed by atoms with van der Waals surface area (Å²) < 4.78 is 0. The molecule has 3 rings (SSSR count). The molecule has 0 saturated carbocycles. The zero-order valence-electron chi connectivity index (χ0n) is 13.0. The Morgan fingerprint density at radius 2 is 2.29 bits per heavy atom. The van der Waals surface area contributed by atoms with E-state index in [1.165, 1.54) is 11.1 Å². The number of dihydropyridines is 1. The fourth-order valence-electron chi connectivity index (χ4n) is 3.44. The highest BCUT2D eigenvalue weighted by Gasteiger charge is 2.42. The van der Waals surface area contributed by atoms with Crippen LogP contribution in [0.3, 0.4) is 0 Å². The van der Waals surface area contributed by atoms with E-state index in [9.17, 15) is 4.79 Å². The summed E-state index contributed by atoms with van der Waals surface area (Å²) in [6.45, 7) is 7.81. The van der Waals surface area contributed by atoms with Crippen LogP contribution in [0.15, 0.2) is 35.7 Å². The summed E-state index contributed by atoms with van der Waals surface area (Å²) in [5, 5.41) is 5.51. The van der Waals surface area contributed by atoms with Gasteiger partial charge in [0, 0.05) is 25.2 Å². The average Bonchev–Trinajstić information content (AvgIpc) is 2.46. The largest absolute Gasteiger partial charge is 0.367 e. The first kappa shape index (κ1) is 14.4. The standard InChI is InChI=1S/C16H24N4O/c1-4-18-20-9-12-8-13(21)10-19(11(2)3)15(12)14-6-5-7-17-16(14)20/h5-7,9,11,15-18H,4,8,10H2,1-3H3. The van der Waals surface area contributed by atoms with Gasteiger partial charge in [-0.05, 0) is 37.3 Å². The maximum Gasteiger partial charge on any atom is 0.151 e. The predicted octanol–water partition coefficient (Wildman–Crippen LogP) is 1.13. The maximum atomic E-state index is 12.1. The van der Waals surface area contributed by atoms with Gasteiger partial charge in [0.15, 0.2) is 5.78 Å². The topological polar surface area (TPSA) is 47.6 Å². The van der Waals surface area contributed by atoms with Crippen molar-refractivity contribution in [1.82, 2.24) is 20.7 Å². The Hall–Kier alpha value is -1.59. The molecular formula is C16H24N4O. The van der Waals surface area contributed by atoms with Crippen molar-refractivity contribution in [1.29, 1.82) is 0 Å². The highest BCUT2D eigenvalue weighted by Crippen LogP contribution is 2.35. The number of allylic oxidation sites excluding steroid dienone is 2. The van der Waals surface area contributed by atoms with E-state index < -0.39 is 0 Å². The molecule has 5 nitrogen and oxygen atoms in total. The molecule has 0 spiro atoms. The minimum absolute atomic E-state index is 0.123. The number of nitrogens with zero attached hydrogens (tertiary/aromatic N) is 2. The number of carbonyl (C=O) groups is 1. The van der Waals surface area contributed by atoms with Crippen LogP contribution in [0.25, 0.3) is 0 Å². The van der Waals surface area contributed by atoms with Crippen molar-refractivity contribution in [2.24, 2.45) is 0 Å². The van der Waals surface area contributed by atoms with Crippen LogP contribution in [-0.2, 0) is 4.79 Å². The summed E-state index contributed by atoms with van der Waals surface area (Å²) in [7, 11) is 0. The molecule has 3 heterocycles. The second kappa shape index (κ2) is 5.66. The Labute approximate surface area is 126 Å². The molecule has 21 heavy (non-hydrogen) atoms. The minimum Gasteiger partial charge on any atom is -0.367 e. The first-order valence-corrected chi connectivity index (χ1v) is 7.74. The Morgan fingerprint density at radius 1 is 1.48 bits per heavy atom. The molecule has 0 bridgehead atoms. The van der Waals surface area contributed by atoms with E-state index >= 15 is 0 Å². The smallest absolute Gasteiger partial charge is 0.151 e. The Balaban J connectivity index is 2.02. The predicted molar refractivity (Wildman–Crippen MR) is 83.0 cm³/mol. The van der Waals surface area contributed by atoms with Crippen molar-refractivity contribution < 1.29 is 4.79 Å². The SMILES string of the molecule is CCNN1C=C2CC(=O)CN(C(C)C)C2C2=CC=CNC21. The monoisotopic (exact) mass is 288 g/mol. The molecule has 0 aromatic rings. The van der Waals surface area contributed by atoms with Gasteiger partial charge in [0.25, 0.3) is 0 Å². The third-order valence-corrected chi connectivity index (χ3v) is 4.30. The van der Waals surface area contributed by atoms with Crippen LogP contribution in [0.1, 0.15) is 27.2 Å². The highest BCUT2D eigenvalue weighted by atomic mass is 16.1. The summed E-state index contributed by atoms with van der Waals surface area (Å²) >= 11 is 0. The van der Waals surface area contributed by atoms with E-state index in [4.69, 9.17) is 0 Å². The first-order valence-electron chi connectivity index (χ1n) is 7.74. The lowest BCUT2D eigenvalue weighted by Gasteiger charge is -2.49. The van der Waals surface area contributed by atoms with Crippen LogP contribution in [0.4, 0.5) is 0 Å². The van der Waals surface area contributed by atoms with Crippen LogP contribution in [0.2, 0.25) is 0 Å². The van der Waals surface area contributed by atoms with Crippen molar-refractivity contribution in [3.05, 3.63) is 35.7 Å². The van der Waals surface area contributed by atoms with Gasteiger partial charge in [-0.1, -0.05) is 13.0 Å². The Kier molecular flexibility index (Phi) is 3.87. The van der Waals surface area contributed by atoms with Gasteiger partial charge in [-0.2, -0.15) is 0 Å². The van der Waals surface area contributed by atoms with Gasteiger partial charge in [-0.3, -0.25) is 14.7 Å². The van der Waals surface area contributed by atoms with Crippen molar-refractivity contribution >= 4 is 5.78 Å². The number of ketones is 1. The van der Waals surface area contributed by atoms with Gasteiger partial charge >= 0.3 is 0 Å². The molecular weight excluding hydrogens is 264 g/mol. The number of hydrazine groups is 1. The number of fused-ring (bicyclic) bond motifs is 3. The number of rotatable bonds is 3. The molecule has 2 unspecified atom stereocenters. The molecule has 0 aromatic heterocycles. The van der Waals surface area contributed by atoms with Gasteiger partial charge in [-0.25, -0.2) is 5.43 Å². The number of piperidine rings is 1. The van der Waals surface area contributed by atoms with Gasteiger partial charge < -0.3 is 5.32 Å². The number of likely N-dealkylation sites (tertiary alicyclic amines) is 1. The molecule has 2 atom stereocenters. The van der Waals surface area contributed by atoms with E-state index in [-0.39, 0.29) is 12.2 Å². The van der Waals surface area contributed by atoms with E-state index in [0.717, 1.165) is 6.54 Å². The quantitative estimate of drug-likeness (QED) is 0.815. The lowest BCUT2D eigenvalue weighted by atomic mass is 9.84. The lowest BCUT2D eigenvalue weighted by Crippen LogP contribution is -2.60. The lowest BCUT2D eigenvalue weighted by molar-refractivity contribution is -0.122. The van der Waals surface area contributed by atoms with Gasteiger partial charge in [-0.15, -0.1) is 0 Å². The highest BCUT2D eigenvalue weighted by molar-refractivity contribution is 5.85. The molecule has 3 aliphatic heterocycles. The molecule has 0 amide bonds. The van der Waals surface area contributed by atoms with Gasteiger partial charge in [0.1, 0.15) is 6.17 Å². The molecule has 3 aliphatic rings. The molecule has 0 radical (unpaired) electrons. The van der Waals surface area contributed by atoms with Crippen molar-refractivity contribution in [3.8, 4) is 0 Å².